The van der Waals surface area contributed by atoms with Crippen molar-refractivity contribution in [2.45, 2.75) is 0 Å². The highest BCUT2D eigenvalue weighted by atomic mass is 19.1. The number of aromatic nitrogens is 2. The molecule has 0 saturated heterocycles. The van der Waals surface area contributed by atoms with Gasteiger partial charge >= 0.3 is 5.97 Å². The number of benzene rings is 1. The molecule has 0 saturated carbocycles. The quantitative estimate of drug-likeness (QED) is 0.728. The van der Waals surface area contributed by atoms with E-state index in [4.69, 9.17) is 5.11 Å². The maximum atomic E-state index is 13.5. The maximum absolute atomic E-state index is 13.5. The third-order valence-electron chi connectivity index (χ3n) is 2.66. The predicted molar refractivity (Wildman–Crippen MR) is 60.7 cm³/mol. The number of carbonyl (C=O) groups is 1. The third-order valence-corrected chi connectivity index (χ3v) is 2.66. The van der Waals surface area contributed by atoms with Crippen LogP contribution in [0.4, 0.5) is 4.39 Å². The number of fused-ring (bicyclic) bond motifs is 1. The summed E-state index contributed by atoms with van der Waals surface area (Å²) in [6.07, 6.45) is 1.57. The van der Waals surface area contributed by atoms with E-state index < -0.39 is 5.97 Å². The van der Waals surface area contributed by atoms with Gasteiger partial charge < -0.3 is 14.6 Å². The maximum Gasteiger partial charge on any atom is 0.374 e. The largest absolute Gasteiger partial charge is 0.475 e. The number of H-pyrrole nitrogens is 1. The van der Waals surface area contributed by atoms with E-state index >= 15 is 0 Å². The minimum Gasteiger partial charge on any atom is -0.475 e. The van der Waals surface area contributed by atoms with Gasteiger partial charge in [0.2, 0.25) is 5.76 Å². The molecule has 0 bridgehead atoms. The topological polar surface area (TPSA) is 79.1 Å². The summed E-state index contributed by atoms with van der Waals surface area (Å²) in [5, 5.41) is 13.0. The van der Waals surface area contributed by atoms with E-state index in [9.17, 15) is 9.18 Å². The summed E-state index contributed by atoms with van der Waals surface area (Å²) in [6.45, 7) is 0. The number of aromatic amines is 1. The molecule has 1 aromatic carbocycles. The minimum atomic E-state index is -1.19. The van der Waals surface area contributed by atoms with Crippen molar-refractivity contribution < 1.29 is 18.8 Å². The molecule has 0 fully saturated rings. The second kappa shape index (κ2) is 3.69. The lowest BCUT2D eigenvalue weighted by Crippen LogP contribution is -1.91. The predicted octanol–water partition coefficient (Wildman–Crippen LogP) is 2.66. The molecule has 2 heterocycles. The van der Waals surface area contributed by atoms with E-state index in [1.165, 1.54) is 12.1 Å². The average Bonchev–Trinajstić information content (AvgIpc) is 2.94. The van der Waals surface area contributed by atoms with E-state index in [2.05, 4.69) is 14.7 Å². The van der Waals surface area contributed by atoms with E-state index in [-0.39, 0.29) is 11.6 Å². The van der Waals surface area contributed by atoms with Crippen LogP contribution in [0.2, 0.25) is 0 Å². The fourth-order valence-electron chi connectivity index (χ4n) is 1.83. The normalized spacial score (nSPS) is 10.9. The first kappa shape index (κ1) is 10.5. The SMILES string of the molecule is O=C(O)c1cc(-c2c[nH]c3c(F)cccc23)no1. The fourth-order valence-corrected chi connectivity index (χ4v) is 1.83. The van der Waals surface area contributed by atoms with Crippen LogP contribution in [-0.2, 0) is 0 Å². The zero-order chi connectivity index (χ0) is 12.7. The molecular formula is C12H7FN2O3. The smallest absolute Gasteiger partial charge is 0.374 e. The first-order valence-electron chi connectivity index (χ1n) is 5.13. The summed E-state index contributed by atoms with van der Waals surface area (Å²) in [5.41, 5.74) is 1.30. The molecule has 0 aliphatic heterocycles. The van der Waals surface area contributed by atoms with Crippen molar-refractivity contribution in [2.24, 2.45) is 0 Å². The highest BCUT2D eigenvalue weighted by molar-refractivity contribution is 5.96. The van der Waals surface area contributed by atoms with Crippen molar-refractivity contribution in [2.75, 3.05) is 0 Å². The van der Waals surface area contributed by atoms with Gasteiger partial charge in [-0.25, -0.2) is 9.18 Å². The van der Waals surface area contributed by atoms with Crippen molar-refractivity contribution in [1.29, 1.82) is 0 Å². The van der Waals surface area contributed by atoms with Gasteiger partial charge in [0, 0.05) is 23.2 Å². The lowest BCUT2D eigenvalue weighted by molar-refractivity contribution is 0.0652. The Bertz CT molecular complexity index is 745. The summed E-state index contributed by atoms with van der Waals surface area (Å²) in [5.74, 6) is -1.82. The first-order valence-corrected chi connectivity index (χ1v) is 5.13. The molecule has 0 spiro atoms. The van der Waals surface area contributed by atoms with Gasteiger partial charge in [-0.05, 0) is 6.07 Å². The standard InChI is InChI=1S/C12H7FN2O3/c13-8-3-1-2-6-7(5-14-11(6)8)9-4-10(12(16)17)18-15-9/h1-5,14H,(H,16,17). The summed E-state index contributed by atoms with van der Waals surface area (Å²) in [7, 11) is 0. The van der Waals surface area contributed by atoms with Gasteiger partial charge in [-0.3, -0.25) is 0 Å². The summed E-state index contributed by atoms with van der Waals surface area (Å²) >= 11 is 0. The molecule has 2 aromatic heterocycles. The summed E-state index contributed by atoms with van der Waals surface area (Å²) in [6, 6.07) is 5.94. The van der Waals surface area contributed by atoms with Crippen LogP contribution < -0.4 is 0 Å². The van der Waals surface area contributed by atoms with E-state index in [0.717, 1.165) is 0 Å². The van der Waals surface area contributed by atoms with Gasteiger partial charge in [-0.1, -0.05) is 17.3 Å². The number of halogens is 1. The Morgan fingerprint density at radius 2 is 2.28 bits per heavy atom. The van der Waals surface area contributed by atoms with Crippen molar-refractivity contribution in [3.05, 3.63) is 42.0 Å². The number of hydrogen-bond donors (Lipinski definition) is 2. The number of carboxylic acid groups (broad SMARTS) is 1. The van der Waals surface area contributed by atoms with Gasteiger partial charge in [0.25, 0.3) is 0 Å². The molecule has 0 radical (unpaired) electrons. The second-order valence-electron chi connectivity index (χ2n) is 3.75. The van der Waals surface area contributed by atoms with E-state index in [0.29, 0.717) is 22.2 Å². The molecule has 5 nitrogen and oxygen atoms in total. The number of rotatable bonds is 2. The Balaban J connectivity index is 2.19. The Morgan fingerprint density at radius 1 is 1.44 bits per heavy atom. The van der Waals surface area contributed by atoms with E-state index in [1.54, 1.807) is 18.3 Å². The fraction of sp³-hybridized carbons (Fsp3) is 0. The van der Waals surface area contributed by atoms with Crippen molar-refractivity contribution in [3.63, 3.8) is 0 Å². The minimum absolute atomic E-state index is 0.254. The molecule has 0 unspecified atom stereocenters. The zero-order valence-corrected chi connectivity index (χ0v) is 8.98. The Labute approximate surface area is 99.8 Å². The van der Waals surface area contributed by atoms with Crippen LogP contribution >= 0.6 is 0 Å². The molecule has 0 aliphatic carbocycles. The molecule has 90 valence electrons. The lowest BCUT2D eigenvalue weighted by atomic mass is 10.1. The summed E-state index contributed by atoms with van der Waals surface area (Å²) < 4.78 is 18.2. The number of nitrogens with zero attached hydrogens (tertiary/aromatic N) is 1. The van der Waals surface area contributed by atoms with Crippen molar-refractivity contribution in [1.82, 2.24) is 10.1 Å². The molecule has 0 amide bonds. The van der Waals surface area contributed by atoms with Crippen molar-refractivity contribution in [3.8, 4) is 11.3 Å². The van der Waals surface area contributed by atoms with E-state index in [1.807, 2.05) is 0 Å². The Kier molecular flexibility index (Phi) is 2.16. The first-order chi connectivity index (χ1) is 8.66. The number of nitrogens with one attached hydrogen (secondary N) is 1. The van der Waals surface area contributed by atoms with Crippen LogP contribution in [-0.4, -0.2) is 21.2 Å². The molecule has 0 aliphatic rings. The summed E-state index contributed by atoms with van der Waals surface area (Å²) in [4.78, 5) is 13.5. The van der Waals surface area contributed by atoms with Crippen LogP contribution in [0.1, 0.15) is 10.6 Å². The van der Waals surface area contributed by atoms with Crippen molar-refractivity contribution >= 4 is 16.9 Å². The van der Waals surface area contributed by atoms with Crippen LogP contribution in [0.3, 0.4) is 0 Å². The zero-order valence-electron chi connectivity index (χ0n) is 8.98. The highest BCUT2D eigenvalue weighted by Crippen LogP contribution is 2.29. The average molecular weight is 246 g/mol. The van der Waals surface area contributed by atoms with Crippen LogP contribution in [0, 0.1) is 5.82 Å². The monoisotopic (exact) mass is 246 g/mol. The number of aromatic carboxylic acids is 1. The molecule has 0 atom stereocenters. The van der Waals surface area contributed by atoms with Gasteiger partial charge in [-0.15, -0.1) is 0 Å². The Hall–Kier alpha value is -2.63. The second-order valence-corrected chi connectivity index (χ2v) is 3.75. The number of hydrogen-bond acceptors (Lipinski definition) is 3. The molecule has 2 N–H and O–H groups in total. The molecule has 3 aromatic rings. The molecule has 18 heavy (non-hydrogen) atoms. The molecular weight excluding hydrogens is 239 g/mol. The van der Waals surface area contributed by atoms with Crippen LogP contribution in [0.5, 0.6) is 0 Å². The van der Waals surface area contributed by atoms with Crippen LogP contribution in [0.15, 0.2) is 35.0 Å². The highest BCUT2D eigenvalue weighted by Gasteiger charge is 2.16. The number of carboxylic acids is 1. The van der Waals surface area contributed by atoms with Gasteiger partial charge in [0.05, 0.1) is 5.52 Å². The molecule has 6 heteroatoms. The third kappa shape index (κ3) is 1.46. The van der Waals surface area contributed by atoms with Gasteiger partial charge in [-0.2, -0.15) is 0 Å². The Morgan fingerprint density at radius 3 is 3.00 bits per heavy atom. The molecule has 3 rings (SSSR count). The van der Waals surface area contributed by atoms with Crippen LogP contribution in [0.25, 0.3) is 22.2 Å². The lowest BCUT2D eigenvalue weighted by Gasteiger charge is -1.93. The number of para-hydroxylation sites is 1. The van der Waals surface area contributed by atoms with Gasteiger partial charge in [0.1, 0.15) is 11.5 Å². The van der Waals surface area contributed by atoms with Gasteiger partial charge in [0.15, 0.2) is 0 Å².